The fourth-order valence-corrected chi connectivity index (χ4v) is 7.19. The van der Waals surface area contributed by atoms with Crippen molar-refractivity contribution in [1.82, 2.24) is 34.9 Å². The highest BCUT2D eigenvalue weighted by Gasteiger charge is 2.34. The molecule has 2 fully saturated rings. The van der Waals surface area contributed by atoms with Crippen molar-refractivity contribution < 1.29 is 28.6 Å². The van der Waals surface area contributed by atoms with Gasteiger partial charge in [-0.1, -0.05) is 35.7 Å². The number of allylic oxidation sites excluding steroid dienone is 1. The first-order valence-electron chi connectivity index (χ1n) is 16.6. The molecular formula is C35H31Cl2F2N9O4. The number of aromatic amines is 1. The molecule has 3 aliphatic rings. The molecule has 5 aromatic rings. The number of halogens is 4. The molecule has 3 aliphatic carbocycles. The monoisotopic (exact) mass is 749 g/mol. The fourth-order valence-electron chi connectivity index (χ4n) is 6.88. The fraction of sp³-hybridized carbons (Fsp3) is 0.314. The second-order valence-corrected chi connectivity index (χ2v) is 13.7. The number of aromatic nitrogens is 7. The normalized spacial score (nSPS) is 20.6. The van der Waals surface area contributed by atoms with Crippen LogP contribution in [0.15, 0.2) is 49.2 Å². The van der Waals surface area contributed by atoms with Crippen molar-refractivity contribution >= 4 is 63.4 Å². The van der Waals surface area contributed by atoms with Gasteiger partial charge < -0.3 is 25.8 Å². The van der Waals surface area contributed by atoms with Crippen LogP contribution in [0.5, 0.6) is 0 Å². The zero-order chi connectivity index (χ0) is 36.5. The van der Waals surface area contributed by atoms with Crippen molar-refractivity contribution in [3.05, 3.63) is 88.0 Å². The molecule has 0 spiro atoms. The summed E-state index contributed by atoms with van der Waals surface area (Å²) in [5.41, 5.74) is 3.74. The van der Waals surface area contributed by atoms with Crippen LogP contribution in [0.3, 0.4) is 0 Å². The highest BCUT2D eigenvalue weighted by atomic mass is 35.5. The number of carboxylic acids is 2. The van der Waals surface area contributed by atoms with Crippen LogP contribution in [0.25, 0.3) is 28.0 Å². The van der Waals surface area contributed by atoms with Gasteiger partial charge in [-0.3, -0.25) is 14.6 Å². The molecule has 17 heteroatoms. The first kappa shape index (κ1) is 35.1. The second-order valence-electron chi connectivity index (χ2n) is 12.8. The predicted molar refractivity (Wildman–Crippen MR) is 189 cm³/mol. The largest absolute Gasteiger partial charge is 0.481 e. The third-order valence-corrected chi connectivity index (χ3v) is 9.89. The summed E-state index contributed by atoms with van der Waals surface area (Å²) in [6.45, 7) is 0. The number of aliphatic carboxylic acids is 2. The third kappa shape index (κ3) is 7.37. The minimum absolute atomic E-state index is 0.0255. The SMILES string of the molecule is O=C(O)[C@@H]1CC[C@H](Nc2nc(-c3c[nH]c4ncc(Cl)cc34)ncc2F)C1.O=C(O)[C@H]1CCC[C@H]1Nc1nc(C2=CCc3ncc(Cl)cc32)ncc1F. The number of hydrogen-bond acceptors (Lipinski definition) is 10. The Kier molecular flexibility index (Phi) is 9.97. The Morgan fingerprint density at radius 2 is 1.52 bits per heavy atom. The minimum atomic E-state index is -0.872. The molecule has 0 radical (unpaired) electrons. The number of fused-ring (bicyclic) bond motifs is 2. The number of rotatable bonds is 8. The van der Waals surface area contributed by atoms with Gasteiger partial charge in [0.2, 0.25) is 0 Å². The Morgan fingerprint density at radius 3 is 2.27 bits per heavy atom. The summed E-state index contributed by atoms with van der Waals surface area (Å²) in [5.74, 6) is -3.03. The number of anilines is 2. The van der Waals surface area contributed by atoms with Crippen LogP contribution in [0.1, 0.15) is 55.6 Å². The molecule has 2 saturated carbocycles. The Morgan fingerprint density at radius 1 is 0.808 bits per heavy atom. The van der Waals surface area contributed by atoms with E-state index in [0.29, 0.717) is 71.4 Å². The van der Waals surface area contributed by atoms with E-state index < -0.39 is 35.4 Å². The van der Waals surface area contributed by atoms with Crippen molar-refractivity contribution in [3.8, 4) is 11.4 Å². The van der Waals surface area contributed by atoms with Gasteiger partial charge >= 0.3 is 11.9 Å². The van der Waals surface area contributed by atoms with Gasteiger partial charge in [0.05, 0.1) is 40.0 Å². The lowest BCUT2D eigenvalue weighted by molar-refractivity contribution is -0.142. The van der Waals surface area contributed by atoms with E-state index in [1.54, 1.807) is 24.5 Å². The zero-order valence-corrected chi connectivity index (χ0v) is 28.8. The maximum Gasteiger partial charge on any atom is 0.308 e. The van der Waals surface area contributed by atoms with E-state index in [1.165, 1.54) is 6.20 Å². The van der Waals surface area contributed by atoms with Crippen LogP contribution in [0.4, 0.5) is 20.4 Å². The molecule has 268 valence electrons. The van der Waals surface area contributed by atoms with E-state index >= 15 is 0 Å². The standard InChI is InChI=1S/C18H16ClFN4O2.C17H15ClFN5O2/c19-9-6-12-10(4-5-14(12)21-7-9)16-22-8-13(20)17(24-16)23-15-3-1-2-11(15)18(25)26;18-9-4-11-12(6-21-14(11)20-5-9)15-22-7-13(19)16(24-15)23-10-2-1-8(3-10)17(25)26/h4,6-8,11,15H,1-3,5H2,(H,25,26)(H,22,23,24);4-8,10H,1-3H2,(H,20,21)(H,25,26)(H,22,23,24)/t11-,15+;8-,10+/m01/s1. The molecular weight excluding hydrogens is 719 g/mol. The molecule has 0 bridgehead atoms. The van der Waals surface area contributed by atoms with Gasteiger partial charge in [0.15, 0.2) is 34.9 Å². The Labute approximate surface area is 305 Å². The van der Waals surface area contributed by atoms with E-state index in [4.69, 9.17) is 28.3 Å². The smallest absolute Gasteiger partial charge is 0.308 e. The number of H-pyrrole nitrogens is 1. The van der Waals surface area contributed by atoms with Crippen molar-refractivity contribution in [3.63, 3.8) is 0 Å². The number of carbonyl (C=O) groups is 2. The molecule has 8 rings (SSSR count). The van der Waals surface area contributed by atoms with Gasteiger partial charge in [0.25, 0.3) is 0 Å². The van der Waals surface area contributed by atoms with Crippen LogP contribution in [-0.2, 0) is 16.0 Å². The molecule has 0 amide bonds. The van der Waals surface area contributed by atoms with E-state index in [0.717, 1.165) is 41.0 Å². The molecule has 0 aromatic carbocycles. The average Bonchev–Trinajstić information content (AvgIpc) is 3.94. The number of hydrogen-bond donors (Lipinski definition) is 5. The van der Waals surface area contributed by atoms with Gasteiger partial charge in [-0.2, -0.15) is 0 Å². The summed E-state index contributed by atoms with van der Waals surface area (Å²) in [6, 6.07) is 3.06. The van der Waals surface area contributed by atoms with Crippen molar-refractivity contribution in [2.75, 3.05) is 10.6 Å². The number of nitrogens with one attached hydrogen (secondary N) is 3. The van der Waals surface area contributed by atoms with E-state index in [1.807, 2.05) is 6.08 Å². The number of nitrogens with zero attached hydrogens (tertiary/aromatic N) is 6. The topological polar surface area (TPSA) is 192 Å². The lowest BCUT2D eigenvalue weighted by Crippen LogP contribution is -2.30. The molecule has 0 unspecified atom stereocenters. The highest BCUT2D eigenvalue weighted by Crippen LogP contribution is 2.34. The average molecular weight is 751 g/mol. The summed E-state index contributed by atoms with van der Waals surface area (Å²) >= 11 is 12.0. The van der Waals surface area contributed by atoms with Crippen molar-refractivity contribution in [2.24, 2.45) is 11.8 Å². The van der Waals surface area contributed by atoms with Crippen molar-refractivity contribution in [1.29, 1.82) is 0 Å². The summed E-state index contributed by atoms with van der Waals surface area (Å²) in [4.78, 5) is 50.7. The zero-order valence-electron chi connectivity index (χ0n) is 27.3. The molecule has 5 N–H and O–H groups in total. The van der Waals surface area contributed by atoms with Crippen LogP contribution in [-0.4, -0.2) is 69.1 Å². The quantitative estimate of drug-likeness (QED) is 0.112. The maximum absolute atomic E-state index is 14.2. The van der Waals surface area contributed by atoms with Gasteiger partial charge in [-0.25, -0.2) is 33.7 Å². The van der Waals surface area contributed by atoms with Crippen LogP contribution in [0, 0.1) is 23.5 Å². The Hall–Kier alpha value is -5.28. The third-order valence-electron chi connectivity index (χ3n) is 9.47. The van der Waals surface area contributed by atoms with Crippen LogP contribution < -0.4 is 10.6 Å². The minimum Gasteiger partial charge on any atom is -0.481 e. The molecule has 5 heterocycles. The van der Waals surface area contributed by atoms with Gasteiger partial charge in [0.1, 0.15) is 5.65 Å². The lowest BCUT2D eigenvalue weighted by Gasteiger charge is -2.19. The Balaban J connectivity index is 0.000000162. The van der Waals surface area contributed by atoms with E-state index in [2.05, 4.69) is 45.5 Å². The maximum atomic E-state index is 14.2. The number of pyridine rings is 2. The first-order chi connectivity index (χ1) is 25.0. The van der Waals surface area contributed by atoms with E-state index in [-0.39, 0.29) is 23.7 Å². The molecule has 5 aromatic heterocycles. The molecule has 13 nitrogen and oxygen atoms in total. The second kappa shape index (κ2) is 14.8. The summed E-state index contributed by atoms with van der Waals surface area (Å²) < 4.78 is 28.4. The number of carboxylic acid groups (broad SMARTS) is 2. The van der Waals surface area contributed by atoms with Crippen LogP contribution in [0.2, 0.25) is 10.0 Å². The first-order valence-corrected chi connectivity index (χ1v) is 17.3. The molecule has 0 aliphatic heterocycles. The highest BCUT2D eigenvalue weighted by molar-refractivity contribution is 6.31. The summed E-state index contributed by atoms with van der Waals surface area (Å²) in [6.07, 6.45) is 13.3. The predicted octanol–water partition coefficient (Wildman–Crippen LogP) is 6.79. The van der Waals surface area contributed by atoms with Crippen molar-refractivity contribution in [2.45, 2.75) is 57.0 Å². The van der Waals surface area contributed by atoms with Gasteiger partial charge in [-0.05, 0) is 44.2 Å². The molecule has 4 atom stereocenters. The summed E-state index contributed by atoms with van der Waals surface area (Å²) in [5, 5.41) is 26.1. The van der Waals surface area contributed by atoms with Crippen LogP contribution >= 0.6 is 23.2 Å². The Bertz CT molecular complexity index is 2220. The van der Waals surface area contributed by atoms with Gasteiger partial charge in [0, 0.05) is 59.2 Å². The van der Waals surface area contributed by atoms with E-state index in [9.17, 15) is 23.5 Å². The summed E-state index contributed by atoms with van der Waals surface area (Å²) in [7, 11) is 0. The molecule has 0 saturated heterocycles. The van der Waals surface area contributed by atoms with Gasteiger partial charge in [-0.15, -0.1) is 0 Å². The lowest BCUT2D eigenvalue weighted by atomic mass is 10.0. The molecule has 52 heavy (non-hydrogen) atoms.